The summed E-state index contributed by atoms with van der Waals surface area (Å²) in [7, 11) is 0. The highest BCUT2D eigenvalue weighted by atomic mass is 35.5. The van der Waals surface area contributed by atoms with Crippen LogP contribution in [0.5, 0.6) is 0 Å². The molecule has 2 N–H and O–H groups in total. The molecular formula is C23H20ClF2N5O. The normalized spacial score (nSPS) is 13.6. The molecule has 164 valence electrons. The molecule has 0 atom stereocenters. The van der Waals surface area contributed by atoms with Gasteiger partial charge in [0.15, 0.2) is 23.1 Å². The summed E-state index contributed by atoms with van der Waals surface area (Å²) in [6.07, 6.45) is 4.45. The molecule has 1 amide bonds. The van der Waals surface area contributed by atoms with Crippen LogP contribution in [-0.4, -0.2) is 32.9 Å². The van der Waals surface area contributed by atoms with Crippen molar-refractivity contribution in [1.82, 2.24) is 19.7 Å². The number of anilines is 1. The standard InChI is InChI=1S/C23H20ClF2N5O/c1-2-7-27-21-22-28-11-20(31(22)19-10-17(26)16(25)9-18(19)30-21)12-3-6-14(15(24)8-12)23(32)29-13-4-5-13/h3,6,8-11,13H,2,4-5,7H2,1H3,(H,27,30)(H,29,32). The number of aromatic nitrogens is 3. The molecule has 0 unspecified atom stereocenters. The maximum Gasteiger partial charge on any atom is 0.253 e. The van der Waals surface area contributed by atoms with E-state index in [2.05, 4.69) is 20.6 Å². The number of benzene rings is 2. The van der Waals surface area contributed by atoms with Gasteiger partial charge in [-0.2, -0.15) is 0 Å². The highest BCUT2D eigenvalue weighted by molar-refractivity contribution is 6.34. The molecule has 2 aromatic carbocycles. The number of fused-ring (bicyclic) bond motifs is 3. The Morgan fingerprint density at radius 3 is 2.72 bits per heavy atom. The van der Waals surface area contributed by atoms with Crippen molar-refractivity contribution in [2.45, 2.75) is 32.2 Å². The predicted molar refractivity (Wildman–Crippen MR) is 120 cm³/mol. The van der Waals surface area contributed by atoms with Gasteiger partial charge < -0.3 is 10.6 Å². The van der Waals surface area contributed by atoms with Gasteiger partial charge in [-0.25, -0.2) is 18.7 Å². The first kappa shape index (κ1) is 20.6. The van der Waals surface area contributed by atoms with Gasteiger partial charge in [0.1, 0.15) is 0 Å². The fourth-order valence-electron chi connectivity index (χ4n) is 3.64. The van der Waals surface area contributed by atoms with Gasteiger partial charge >= 0.3 is 0 Å². The molecule has 32 heavy (non-hydrogen) atoms. The first-order valence-corrected chi connectivity index (χ1v) is 10.8. The monoisotopic (exact) mass is 455 g/mol. The molecule has 1 saturated carbocycles. The molecule has 2 aromatic heterocycles. The van der Waals surface area contributed by atoms with E-state index in [9.17, 15) is 13.6 Å². The predicted octanol–water partition coefficient (Wildman–Crippen LogP) is 5.20. The van der Waals surface area contributed by atoms with Crippen LogP contribution in [0.15, 0.2) is 36.5 Å². The van der Waals surface area contributed by atoms with Crippen LogP contribution in [0.25, 0.3) is 27.9 Å². The Balaban J connectivity index is 1.67. The van der Waals surface area contributed by atoms with E-state index in [0.29, 0.717) is 50.9 Å². The number of hydrogen-bond acceptors (Lipinski definition) is 4. The Kier molecular flexibility index (Phi) is 5.17. The van der Waals surface area contributed by atoms with E-state index in [0.717, 1.165) is 31.4 Å². The Hall–Kier alpha value is -3.26. The van der Waals surface area contributed by atoms with Crippen LogP contribution >= 0.6 is 11.6 Å². The summed E-state index contributed by atoms with van der Waals surface area (Å²) in [4.78, 5) is 21.4. The maximum absolute atomic E-state index is 14.1. The van der Waals surface area contributed by atoms with Crippen LogP contribution in [0.3, 0.4) is 0 Å². The molecule has 1 aliphatic rings. The van der Waals surface area contributed by atoms with Crippen LogP contribution < -0.4 is 10.6 Å². The Bertz CT molecular complexity index is 1370. The summed E-state index contributed by atoms with van der Waals surface area (Å²) < 4.78 is 29.8. The van der Waals surface area contributed by atoms with Gasteiger partial charge in [-0.05, 0) is 31.4 Å². The molecule has 2 heterocycles. The van der Waals surface area contributed by atoms with Gasteiger partial charge in [0.25, 0.3) is 5.91 Å². The summed E-state index contributed by atoms with van der Waals surface area (Å²) in [5, 5.41) is 6.42. The summed E-state index contributed by atoms with van der Waals surface area (Å²) in [5.41, 5.74) is 2.85. The average molecular weight is 456 g/mol. The molecule has 1 fully saturated rings. The van der Waals surface area contributed by atoms with Crippen LogP contribution in [0.1, 0.15) is 36.5 Å². The molecule has 0 radical (unpaired) electrons. The largest absolute Gasteiger partial charge is 0.367 e. The van der Waals surface area contributed by atoms with Crippen molar-refractivity contribution in [2.24, 2.45) is 0 Å². The lowest BCUT2D eigenvalue weighted by Crippen LogP contribution is -2.25. The minimum atomic E-state index is -0.973. The fourth-order valence-corrected chi connectivity index (χ4v) is 3.91. The molecule has 0 bridgehead atoms. The zero-order valence-electron chi connectivity index (χ0n) is 17.3. The van der Waals surface area contributed by atoms with Crippen molar-refractivity contribution in [3.8, 4) is 11.3 Å². The number of amides is 1. The second-order valence-electron chi connectivity index (χ2n) is 7.89. The Morgan fingerprint density at radius 2 is 2.00 bits per heavy atom. The summed E-state index contributed by atoms with van der Waals surface area (Å²) in [5.74, 6) is -1.68. The third-order valence-electron chi connectivity index (χ3n) is 5.43. The van der Waals surface area contributed by atoms with Crippen LogP contribution in [-0.2, 0) is 0 Å². The highest BCUT2D eigenvalue weighted by Gasteiger charge is 2.25. The lowest BCUT2D eigenvalue weighted by Gasteiger charge is -2.12. The van der Waals surface area contributed by atoms with E-state index in [1.54, 1.807) is 28.8 Å². The van der Waals surface area contributed by atoms with Crippen LogP contribution in [0, 0.1) is 11.6 Å². The van der Waals surface area contributed by atoms with Crippen LogP contribution in [0.2, 0.25) is 5.02 Å². The van der Waals surface area contributed by atoms with E-state index < -0.39 is 11.6 Å². The molecule has 9 heteroatoms. The van der Waals surface area contributed by atoms with Crippen molar-refractivity contribution >= 4 is 40.0 Å². The number of imidazole rings is 1. The quantitative estimate of drug-likeness (QED) is 0.419. The number of halogens is 3. The number of nitrogens with one attached hydrogen (secondary N) is 2. The molecule has 6 nitrogen and oxygen atoms in total. The maximum atomic E-state index is 14.1. The van der Waals surface area contributed by atoms with E-state index in [1.807, 2.05) is 6.92 Å². The summed E-state index contributed by atoms with van der Waals surface area (Å²) >= 11 is 6.44. The van der Waals surface area contributed by atoms with Gasteiger partial charge in [-0.15, -0.1) is 0 Å². The lowest BCUT2D eigenvalue weighted by molar-refractivity contribution is 0.0951. The number of rotatable bonds is 6. The zero-order chi connectivity index (χ0) is 22.4. The summed E-state index contributed by atoms with van der Waals surface area (Å²) in [6, 6.07) is 7.51. The van der Waals surface area contributed by atoms with Gasteiger partial charge in [-0.3, -0.25) is 9.20 Å². The molecule has 0 saturated heterocycles. The van der Waals surface area contributed by atoms with Gasteiger partial charge in [-0.1, -0.05) is 24.6 Å². The molecule has 0 spiro atoms. The average Bonchev–Trinajstić information content (AvgIpc) is 3.47. The number of carbonyl (C=O) groups is 1. The molecule has 0 aliphatic heterocycles. The van der Waals surface area contributed by atoms with Crippen molar-refractivity contribution in [3.63, 3.8) is 0 Å². The first-order valence-electron chi connectivity index (χ1n) is 10.5. The second-order valence-corrected chi connectivity index (χ2v) is 8.29. The SMILES string of the molecule is CCCNc1nc2cc(F)c(F)cc2n2c(-c3ccc(C(=O)NC4CC4)c(Cl)c3)cnc12. The van der Waals surface area contributed by atoms with Crippen molar-refractivity contribution < 1.29 is 13.6 Å². The first-order chi connectivity index (χ1) is 15.5. The number of hydrogen-bond donors (Lipinski definition) is 2. The smallest absolute Gasteiger partial charge is 0.253 e. The summed E-state index contributed by atoms with van der Waals surface area (Å²) in [6.45, 7) is 2.66. The minimum absolute atomic E-state index is 0.208. The molecule has 1 aliphatic carbocycles. The second kappa shape index (κ2) is 8.02. The minimum Gasteiger partial charge on any atom is -0.367 e. The Labute approximate surface area is 187 Å². The third-order valence-corrected chi connectivity index (χ3v) is 5.74. The third kappa shape index (κ3) is 3.64. The van der Waals surface area contributed by atoms with Crippen molar-refractivity contribution in [2.75, 3.05) is 11.9 Å². The zero-order valence-corrected chi connectivity index (χ0v) is 18.0. The van der Waals surface area contributed by atoms with Gasteiger partial charge in [0.2, 0.25) is 0 Å². The molecule has 5 rings (SSSR count). The number of nitrogens with zero attached hydrogens (tertiary/aromatic N) is 3. The lowest BCUT2D eigenvalue weighted by atomic mass is 10.1. The number of carbonyl (C=O) groups excluding carboxylic acids is 1. The molecular weight excluding hydrogens is 436 g/mol. The van der Waals surface area contributed by atoms with Crippen molar-refractivity contribution in [3.05, 3.63) is 58.7 Å². The Morgan fingerprint density at radius 1 is 1.22 bits per heavy atom. The van der Waals surface area contributed by atoms with E-state index in [4.69, 9.17) is 11.6 Å². The van der Waals surface area contributed by atoms with E-state index >= 15 is 0 Å². The van der Waals surface area contributed by atoms with Crippen molar-refractivity contribution in [1.29, 1.82) is 0 Å². The van der Waals surface area contributed by atoms with Gasteiger partial charge in [0.05, 0.1) is 33.5 Å². The highest BCUT2D eigenvalue weighted by Crippen LogP contribution is 2.32. The van der Waals surface area contributed by atoms with Crippen LogP contribution in [0.4, 0.5) is 14.6 Å². The molecule has 4 aromatic rings. The topological polar surface area (TPSA) is 71.3 Å². The van der Waals surface area contributed by atoms with E-state index in [1.165, 1.54) is 0 Å². The van der Waals surface area contributed by atoms with E-state index in [-0.39, 0.29) is 11.9 Å². The van der Waals surface area contributed by atoms with Gasteiger partial charge in [0, 0.05) is 30.3 Å². The fraction of sp³-hybridized carbons (Fsp3) is 0.261.